The minimum atomic E-state index is 0.0536. The van der Waals surface area contributed by atoms with Gasteiger partial charge in [-0.25, -0.2) is 0 Å². The van der Waals surface area contributed by atoms with E-state index in [1.165, 1.54) is 5.56 Å². The average molecular weight is 259 g/mol. The van der Waals surface area contributed by atoms with Crippen molar-refractivity contribution in [3.63, 3.8) is 0 Å². The zero-order chi connectivity index (χ0) is 13.3. The van der Waals surface area contributed by atoms with Crippen LogP contribution in [0.4, 0.5) is 0 Å². The van der Waals surface area contributed by atoms with Gasteiger partial charge in [-0.15, -0.1) is 0 Å². The predicted octanol–water partition coefficient (Wildman–Crippen LogP) is 3.54. The lowest BCUT2D eigenvalue weighted by Gasteiger charge is -2.18. The van der Waals surface area contributed by atoms with E-state index in [-0.39, 0.29) is 6.10 Å². The first-order valence-electron chi connectivity index (χ1n) is 6.79. The summed E-state index contributed by atoms with van der Waals surface area (Å²) in [5.41, 5.74) is 1.19. The van der Waals surface area contributed by atoms with Crippen molar-refractivity contribution in [3.8, 4) is 0 Å². The molecule has 2 aromatic rings. The molecule has 0 bridgehead atoms. The summed E-state index contributed by atoms with van der Waals surface area (Å²) >= 11 is 0. The molecule has 0 radical (unpaired) electrons. The number of rotatable bonds is 8. The Morgan fingerprint density at radius 3 is 2.68 bits per heavy atom. The van der Waals surface area contributed by atoms with E-state index in [0.717, 1.165) is 25.3 Å². The lowest BCUT2D eigenvalue weighted by atomic mass is 10.1. The van der Waals surface area contributed by atoms with Crippen molar-refractivity contribution < 1.29 is 9.15 Å². The van der Waals surface area contributed by atoms with Crippen molar-refractivity contribution in [3.05, 3.63) is 60.1 Å². The number of benzene rings is 1. The molecule has 1 heterocycles. The summed E-state index contributed by atoms with van der Waals surface area (Å²) in [6, 6.07) is 14.1. The lowest BCUT2D eigenvalue weighted by Crippen LogP contribution is -2.24. The third-order valence-corrected chi connectivity index (χ3v) is 2.93. The van der Waals surface area contributed by atoms with Gasteiger partial charge in [0.1, 0.15) is 12.4 Å². The molecule has 3 nitrogen and oxygen atoms in total. The Bertz CT molecular complexity index is 439. The smallest absolute Gasteiger partial charge is 0.129 e. The number of nitrogens with one attached hydrogen (secondary N) is 1. The van der Waals surface area contributed by atoms with Crippen LogP contribution in [0.15, 0.2) is 53.1 Å². The van der Waals surface area contributed by atoms with Crippen LogP contribution in [0.25, 0.3) is 0 Å². The number of ether oxygens (including phenoxy) is 1. The minimum absolute atomic E-state index is 0.0536. The summed E-state index contributed by atoms with van der Waals surface area (Å²) < 4.78 is 11.3. The molecular formula is C16H21NO2. The molecule has 3 heteroatoms. The largest absolute Gasteiger partial charge is 0.467 e. The van der Waals surface area contributed by atoms with Crippen molar-refractivity contribution in [2.45, 2.75) is 26.1 Å². The molecular weight excluding hydrogens is 238 g/mol. The van der Waals surface area contributed by atoms with Crippen LogP contribution in [0.5, 0.6) is 0 Å². The minimum Gasteiger partial charge on any atom is -0.467 e. The molecule has 1 unspecified atom stereocenters. The van der Waals surface area contributed by atoms with E-state index < -0.39 is 0 Å². The van der Waals surface area contributed by atoms with E-state index in [1.54, 1.807) is 6.26 Å². The second-order valence-electron chi connectivity index (χ2n) is 4.49. The Hall–Kier alpha value is -1.58. The van der Waals surface area contributed by atoms with Gasteiger partial charge in [0.15, 0.2) is 0 Å². The standard InChI is InChI=1S/C16H21NO2/c1-2-10-17-12-16(14-7-4-3-5-8-14)19-13-15-9-6-11-18-15/h3-9,11,16-17H,2,10,12-13H2,1H3. The number of hydrogen-bond donors (Lipinski definition) is 1. The molecule has 2 rings (SSSR count). The maximum Gasteiger partial charge on any atom is 0.129 e. The maximum atomic E-state index is 5.96. The first-order chi connectivity index (χ1) is 9.40. The Balaban J connectivity index is 1.93. The highest BCUT2D eigenvalue weighted by atomic mass is 16.5. The predicted molar refractivity (Wildman–Crippen MR) is 75.8 cm³/mol. The Morgan fingerprint density at radius 1 is 1.16 bits per heavy atom. The second kappa shape index (κ2) is 7.77. The Morgan fingerprint density at radius 2 is 2.00 bits per heavy atom. The van der Waals surface area contributed by atoms with Crippen molar-refractivity contribution in [2.24, 2.45) is 0 Å². The lowest BCUT2D eigenvalue weighted by molar-refractivity contribution is 0.0302. The van der Waals surface area contributed by atoms with Gasteiger partial charge >= 0.3 is 0 Å². The van der Waals surface area contributed by atoms with E-state index in [9.17, 15) is 0 Å². The summed E-state index contributed by atoms with van der Waals surface area (Å²) in [7, 11) is 0. The van der Waals surface area contributed by atoms with E-state index in [2.05, 4.69) is 24.4 Å². The molecule has 0 saturated carbocycles. The molecule has 1 N–H and O–H groups in total. The van der Waals surface area contributed by atoms with Crippen molar-refractivity contribution in [1.29, 1.82) is 0 Å². The molecule has 0 aliphatic carbocycles. The van der Waals surface area contributed by atoms with Crippen LogP contribution >= 0.6 is 0 Å². The third-order valence-electron chi connectivity index (χ3n) is 2.93. The molecule has 0 aliphatic heterocycles. The highest BCUT2D eigenvalue weighted by molar-refractivity contribution is 5.18. The normalized spacial score (nSPS) is 12.5. The van der Waals surface area contributed by atoms with Gasteiger partial charge in [-0.3, -0.25) is 0 Å². The van der Waals surface area contributed by atoms with Crippen LogP contribution in [0, 0.1) is 0 Å². The second-order valence-corrected chi connectivity index (χ2v) is 4.49. The van der Waals surface area contributed by atoms with Crippen LogP contribution in [0.1, 0.15) is 30.8 Å². The number of hydrogen-bond acceptors (Lipinski definition) is 3. The van der Waals surface area contributed by atoms with E-state index in [1.807, 2.05) is 30.3 Å². The molecule has 102 valence electrons. The SMILES string of the molecule is CCCNCC(OCc1ccco1)c1ccccc1. The first-order valence-corrected chi connectivity index (χ1v) is 6.79. The van der Waals surface area contributed by atoms with Gasteiger partial charge in [0.2, 0.25) is 0 Å². The van der Waals surface area contributed by atoms with Gasteiger partial charge in [-0.2, -0.15) is 0 Å². The monoisotopic (exact) mass is 259 g/mol. The van der Waals surface area contributed by atoms with Gasteiger partial charge in [0.25, 0.3) is 0 Å². The maximum absolute atomic E-state index is 5.96. The summed E-state index contributed by atoms with van der Waals surface area (Å²) in [5, 5.41) is 3.41. The van der Waals surface area contributed by atoms with Crippen LogP contribution in [-0.4, -0.2) is 13.1 Å². The summed E-state index contributed by atoms with van der Waals surface area (Å²) in [6.07, 6.45) is 2.85. The quantitative estimate of drug-likeness (QED) is 0.736. The third kappa shape index (κ3) is 4.54. The highest BCUT2D eigenvalue weighted by Gasteiger charge is 2.12. The van der Waals surface area contributed by atoms with E-state index in [4.69, 9.17) is 9.15 Å². The summed E-state index contributed by atoms with van der Waals surface area (Å²) in [6.45, 7) is 4.49. The van der Waals surface area contributed by atoms with Gasteiger partial charge in [-0.1, -0.05) is 37.3 Å². The topological polar surface area (TPSA) is 34.4 Å². The fourth-order valence-electron chi connectivity index (χ4n) is 1.93. The van der Waals surface area contributed by atoms with Crippen LogP contribution in [0.3, 0.4) is 0 Å². The fraction of sp³-hybridized carbons (Fsp3) is 0.375. The van der Waals surface area contributed by atoms with E-state index >= 15 is 0 Å². The molecule has 1 atom stereocenters. The zero-order valence-corrected chi connectivity index (χ0v) is 11.3. The molecule has 19 heavy (non-hydrogen) atoms. The molecule has 0 spiro atoms. The molecule has 0 fully saturated rings. The summed E-state index contributed by atoms with van der Waals surface area (Å²) in [5.74, 6) is 0.858. The van der Waals surface area contributed by atoms with E-state index in [0.29, 0.717) is 6.61 Å². The van der Waals surface area contributed by atoms with Gasteiger partial charge in [0, 0.05) is 6.54 Å². The molecule has 0 aliphatic rings. The zero-order valence-electron chi connectivity index (χ0n) is 11.3. The average Bonchev–Trinajstić information content (AvgIpc) is 2.97. The molecule has 0 amide bonds. The van der Waals surface area contributed by atoms with Crippen LogP contribution in [-0.2, 0) is 11.3 Å². The Kier molecular flexibility index (Phi) is 5.66. The van der Waals surface area contributed by atoms with Gasteiger partial charge in [-0.05, 0) is 30.7 Å². The Labute approximate surface area is 114 Å². The van der Waals surface area contributed by atoms with Gasteiger partial charge < -0.3 is 14.5 Å². The first kappa shape index (κ1) is 13.8. The van der Waals surface area contributed by atoms with Crippen molar-refractivity contribution in [2.75, 3.05) is 13.1 Å². The van der Waals surface area contributed by atoms with Crippen LogP contribution < -0.4 is 5.32 Å². The molecule has 1 aromatic carbocycles. The molecule has 0 saturated heterocycles. The van der Waals surface area contributed by atoms with Crippen molar-refractivity contribution >= 4 is 0 Å². The molecule has 1 aromatic heterocycles. The highest BCUT2D eigenvalue weighted by Crippen LogP contribution is 2.18. The number of furan rings is 1. The van der Waals surface area contributed by atoms with Crippen molar-refractivity contribution in [1.82, 2.24) is 5.32 Å². The van der Waals surface area contributed by atoms with Gasteiger partial charge in [0.05, 0.1) is 12.4 Å². The summed E-state index contributed by atoms with van der Waals surface area (Å²) in [4.78, 5) is 0. The van der Waals surface area contributed by atoms with Crippen LogP contribution in [0.2, 0.25) is 0 Å². The fourth-order valence-corrected chi connectivity index (χ4v) is 1.93.